The molecule has 3 aromatic carbocycles. The van der Waals surface area contributed by atoms with Gasteiger partial charge in [-0.25, -0.2) is 8.78 Å². The van der Waals surface area contributed by atoms with Gasteiger partial charge in [0, 0.05) is 5.69 Å². The molecular weight excluding hydrogens is 424 g/mol. The molecule has 0 radical (unpaired) electrons. The van der Waals surface area contributed by atoms with Crippen LogP contribution in [-0.4, -0.2) is 5.91 Å². The predicted molar refractivity (Wildman–Crippen MR) is 123 cm³/mol. The van der Waals surface area contributed by atoms with Crippen molar-refractivity contribution in [3.05, 3.63) is 111 Å². The second kappa shape index (κ2) is 7.37. The lowest BCUT2D eigenvalue weighted by Gasteiger charge is -2.26. The van der Waals surface area contributed by atoms with Gasteiger partial charge in [-0.1, -0.05) is 45.0 Å². The second-order valence-corrected chi connectivity index (χ2v) is 9.24. The van der Waals surface area contributed by atoms with Gasteiger partial charge in [0.2, 0.25) is 5.76 Å². The summed E-state index contributed by atoms with van der Waals surface area (Å²) < 4.78 is 33.3. The minimum atomic E-state index is -0.795. The highest BCUT2D eigenvalue weighted by Crippen LogP contribution is 2.41. The molecule has 0 fully saturated rings. The van der Waals surface area contributed by atoms with E-state index in [9.17, 15) is 18.4 Å². The van der Waals surface area contributed by atoms with Crippen LogP contribution < -0.4 is 10.3 Å². The smallest absolute Gasteiger partial charge is 0.295 e. The lowest BCUT2D eigenvalue weighted by atomic mass is 9.86. The highest BCUT2D eigenvalue weighted by atomic mass is 19.1. The molecule has 0 saturated carbocycles. The topological polar surface area (TPSA) is 50.5 Å². The van der Waals surface area contributed by atoms with E-state index in [0.717, 1.165) is 11.6 Å². The molecule has 5 rings (SSSR count). The molecule has 0 N–H and O–H groups in total. The maximum Gasteiger partial charge on any atom is 0.295 e. The number of benzene rings is 3. The van der Waals surface area contributed by atoms with Crippen molar-refractivity contribution in [2.75, 3.05) is 4.90 Å². The Balaban J connectivity index is 1.77. The Bertz CT molecular complexity index is 1450. The zero-order valence-electron chi connectivity index (χ0n) is 18.4. The summed E-state index contributed by atoms with van der Waals surface area (Å²) in [5.74, 6) is -1.61. The summed E-state index contributed by atoms with van der Waals surface area (Å²) in [7, 11) is 0. The fraction of sp³-hybridized carbons (Fsp3) is 0.185. The van der Waals surface area contributed by atoms with Crippen LogP contribution in [0.5, 0.6) is 0 Å². The van der Waals surface area contributed by atoms with E-state index in [1.807, 2.05) is 24.3 Å². The first-order valence-corrected chi connectivity index (χ1v) is 10.6. The van der Waals surface area contributed by atoms with Crippen molar-refractivity contribution in [1.82, 2.24) is 0 Å². The average Bonchev–Trinajstić information content (AvgIpc) is 3.07. The third kappa shape index (κ3) is 3.42. The van der Waals surface area contributed by atoms with Crippen molar-refractivity contribution in [3.63, 3.8) is 0 Å². The van der Waals surface area contributed by atoms with Crippen LogP contribution in [0, 0.1) is 11.6 Å². The second-order valence-electron chi connectivity index (χ2n) is 9.24. The van der Waals surface area contributed by atoms with Crippen LogP contribution in [0.4, 0.5) is 14.5 Å². The van der Waals surface area contributed by atoms with Gasteiger partial charge in [-0.15, -0.1) is 0 Å². The van der Waals surface area contributed by atoms with Crippen LogP contribution in [0.1, 0.15) is 54.1 Å². The Labute approximate surface area is 189 Å². The Morgan fingerprint density at radius 3 is 2.12 bits per heavy atom. The molecule has 1 atom stereocenters. The molecule has 1 aliphatic heterocycles. The maximum atomic E-state index is 13.9. The monoisotopic (exact) mass is 445 g/mol. The number of halogens is 2. The van der Waals surface area contributed by atoms with Crippen LogP contribution in [0.25, 0.3) is 11.0 Å². The first kappa shape index (κ1) is 21.1. The zero-order valence-corrected chi connectivity index (χ0v) is 18.4. The van der Waals surface area contributed by atoms with Gasteiger partial charge in [-0.2, -0.15) is 0 Å². The lowest BCUT2D eigenvalue weighted by Crippen LogP contribution is -2.29. The predicted octanol–water partition coefficient (Wildman–Crippen LogP) is 6.12. The minimum Gasteiger partial charge on any atom is -0.450 e. The molecule has 1 amide bonds. The maximum absolute atomic E-state index is 13.9. The number of carbonyl (C=O) groups is 1. The average molecular weight is 445 g/mol. The molecule has 33 heavy (non-hydrogen) atoms. The molecule has 4 nitrogen and oxygen atoms in total. The number of amides is 1. The van der Waals surface area contributed by atoms with Crippen molar-refractivity contribution in [2.45, 2.75) is 32.2 Å². The summed E-state index contributed by atoms with van der Waals surface area (Å²) in [4.78, 5) is 28.4. The van der Waals surface area contributed by atoms with E-state index in [1.165, 1.54) is 41.3 Å². The number of rotatable bonds is 2. The van der Waals surface area contributed by atoms with E-state index >= 15 is 0 Å². The van der Waals surface area contributed by atoms with E-state index in [0.29, 0.717) is 11.3 Å². The van der Waals surface area contributed by atoms with Crippen molar-refractivity contribution in [1.29, 1.82) is 0 Å². The van der Waals surface area contributed by atoms with Gasteiger partial charge >= 0.3 is 0 Å². The van der Waals surface area contributed by atoms with Crippen LogP contribution in [0.3, 0.4) is 0 Å². The first-order valence-electron chi connectivity index (χ1n) is 10.6. The minimum absolute atomic E-state index is 0.0683. The van der Waals surface area contributed by atoms with Crippen molar-refractivity contribution in [3.8, 4) is 0 Å². The molecule has 1 aliphatic rings. The summed E-state index contributed by atoms with van der Waals surface area (Å²) in [5.41, 5.74) is 1.95. The highest BCUT2D eigenvalue weighted by molar-refractivity contribution is 6.10. The van der Waals surface area contributed by atoms with Gasteiger partial charge < -0.3 is 4.42 Å². The number of hydrogen-bond acceptors (Lipinski definition) is 3. The van der Waals surface area contributed by atoms with Crippen molar-refractivity contribution >= 4 is 22.6 Å². The fourth-order valence-corrected chi connectivity index (χ4v) is 4.29. The van der Waals surface area contributed by atoms with Crippen molar-refractivity contribution < 1.29 is 18.0 Å². The quantitative estimate of drug-likeness (QED) is 0.374. The molecule has 2 heterocycles. The Morgan fingerprint density at radius 2 is 1.48 bits per heavy atom. The van der Waals surface area contributed by atoms with Crippen LogP contribution in [0.15, 0.2) is 75.9 Å². The molecule has 0 spiro atoms. The summed E-state index contributed by atoms with van der Waals surface area (Å²) in [6.45, 7) is 6.28. The number of anilines is 1. The van der Waals surface area contributed by atoms with E-state index in [-0.39, 0.29) is 27.7 Å². The van der Waals surface area contributed by atoms with E-state index in [4.69, 9.17) is 4.42 Å². The van der Waals surface area contributed by atoms with Gasteiger partial charge in [-0.3, -0.25) is 14.5 Å². The zero-order chi connectivity index (χ0) is 23.5. The van der Waals surface area contributed by atoms with Crippen molar-refractivity contribution in [2.24, 2.45) is 0 Å². The Kier molecular flexibility index (Phi) is 4.71. The molecule has 6 heteroatoms. The van der Waals surface area contributed by atoms with Gasteiger partial charge in [-0.05, 0) is 59.0 Å². The Hall–Kier alpha value is -3.80. The molecule has 4 aromatic rings. The summed E-state index contributed by atoms with van der Waals surface area (Å²) in [6.07, 6.45) is 0. The normalized spacial score (nSPS) is 15.8. The first-order chi connectivity index (χ1) is 15.6. The summed E-state index contributed by atoms with van der Waals surface area (Å²) in [6, 6.07) is 16.0. The number of fused-ring (bicyclic) bond motifs is 2. The molecule has 0 aliphatic carbocycles. The molecular formula is C27H21F2NO3. The fourth-order valence-electron chi connectivity index (χ4n) is 4.29. The summed E-state index contributed by atoms with van der Waals surface area (Å²) in [5, 5.41) is 0.0683. The van der Waals surface area contributed by atoms with Crippen LogP contribution in [0.2, 0.25) is 0 Å². The van der Waals surface area contributed by atoms with E-state index in [2.05, 4.69) is 20.8 Å². The largest absolute Gasteiger partial charge is 0.450 e. The lowest BCUT2D eigenvalue weighted by molar-refractivity contribution is 0.0971. The molecule has 166 valence electrons. The number of hydrogen-bond donors (Lipinski definition) is 0. The van der Waals surface area contributed by atoms with Crippen LogP contribution in [-0.2, 0) is 5.41 Å². The van der Waals surface area contributed by atoms with Gasteiger partial charge in [0.05, 0.1) is 17.0 Å². The van der Waals surface area contributed by atoms with E-state index in [1.54, 1.807) is 0 Å². The van der Waals surface area contributed by atoms with E-state index < -0.39 is 29.0 Å². The summed E-state index contributed by atoms with van der Waals surface area (Å²) >= 11 is 0. The van der Waals surface area contributed by atoms with Gasteiger partial charge in [0.1, 0.15) is 17.2 Å². The Morgan fingerprint density at radius 1 is 0.848 bits per heavy atom. The third-order valence-corrected chi connectivity index (χ3v) is 6.03. The SMILES string of the molecule is CC(C)(C)c1ccc(C2c3c(oc4ccc(F)cc4c3=O)C(=O)N2c2ccc(F)cc2)cc1. The molecule has 0 bridgehead atoms. The van der Waals surface area contributed by atoms with Gasteiger partial charge in [0.25, 0.3) is 5.91 Å². The number of nitrogens with zero attached hydrogens (tertiary/aromatic N) is 1. The molecule has 1 unspecified atom stereocenters. The van der Waals surface area contributed by atoms with Gasteiger partial charge in [0.15, 0.2) is 5.43 Å². The number of carbonyl (C=O) groups excluding carboxylic acids is 1. The molecule has 0 saturated heterocycles. The third-order valence-electron chi connectivity index (χ3n) is 6.03. The highest BCUT2D eigenvalue weighted by Gasteiger charge is 2.43. The molecule has 1 aromatic heterocycles. The van der Waals surface area contributed by atoms with Crippen LogP contribution >= 0.6 is 0 Å². The standard InChI is InChI=1S/C27H21F2NO3/c1-27(2,3)16-6-4-15(5-7-16)23-22-24(31)20-14-18(29)10-13-21(20)33-25(22)26(32)30(23)19-11-8-17(28)9-12-19/h4-14,23H,1-3H3.